The fourth-order valence-corrected chi connectivity index (χ4v) is 2.42. The van der Waals surface area contributed by atoms with E-state index < -0.39 is 12.2 Å². The van der Waals surface area contributed by atoms with Gasteiger partial charge in [0.15, 0.2) is 0 Å². The molecule has 2 unspecified atom stereocenters. The monoisotopic (exact) mass is 270 g/mol. The molecule has 0 spiro atoms. The lowest BCUT2D eigenvalue weighted by molar-refractivity contribution is 0.0572. The van der Waals surface area contributed by atoms with Crippen LogP contribution in [0.15, 0.2) is 18.2 Å². The molecule has 0 bridgehead atoms. The molecule has 0 amide bonds. The van der Waals surface area contributed by atoms with Gasteiger partial charge in [-0.3, -0.25) is 0 Å². The smallest absolute Gasteiger partial charge is 0.0990 e. The number of benzene rings is 1. The van der Waals surface area contributed by atoms with Crippen LogP contribution in [-0.2, 0) is 6.54 Å². The van der Waals surface area contributed by atoms with E-state index in [1.54, 1.807) is 0 Å². The van der Waals surface area contributed by atoms with Gasteiger partial charge in [0.05, 0.1) is 12.2 Å². The molecule has 3 N–H and O–H groups in total. The summed E-state index contributed by atoms with van der Waals surface area (Å²) >= 11 is 6.01. The van der Waals surface area contributed by atoms with E-state index in [9.17, 15) is 10.2 Å². The van der Waals surface area contributed by atoms with Crippen LogP contribution in [-0.4, -0.2) is 42.1 Å². The molecule has 100 valence electrons. The summed E-state index contributed by atoms with van der Waals surface area (Å²) in [7, 11) is 0. The molecule has 2 rings (SSSR count). The lowest BCUT2D eigenvalue weighted by Gasteiger charge is -2.22. The highest BCUT2D eigenvalue weighted by Gasteiger charge is 2.30. The molecule has 1 saturated heterocycles. The van der Waals surface area contributed by atoms with Crippen LogP contribution >= 0.6 is 11.6 Å². The third-order valence-corrected chi connectivity index (χ3v) is 3.44. The van der Waals surface area contributed by atoms with Crippen LogP contribution in [0.1, 0.15) is 12.5 Å². The standard InChI is InChI=1S/C13H19ClN2O2/c1-2-15-6-9-5-10(14)3-4-11(9)16-7-12(17)13(18)8-16/h3-5,12-13,15,17-18H,2,6-8H2,1H3. The third kappa shape index (κ3) is 2.95. The van der Waals surface area contributed by atoms with E-state index in [1.807, 2.05) is 30.0 Å². The zero-order valence-corrected chi connectivity index (χ0v) is 11.2. The molecule has 18 heavy (non-hydrogen) atoms. The van der Waals surface area contributed by atoms with Gasteiger partial charge in [-0.1, -0.05) is 18.5 Å². The average Bonchev–Trinajstić information content (AvgIpc) is 2.67. The quantitative estimate of drug-likeness (QED) is 0.764. The summed E-state index contributed by atoms with van der Waals surface area (Å²) in [6.07, 6.45) is -1.35. The minimum atomic E-state index is -0.673. The van der Waals surface area contributed by atoms with E-state index >= 15 is 0 Å². The van der Waals surface area contributed by atoms with Crippen molar-refractivity contribution in [1.29, 1.82) is 0 Å². The number of aliphatic hydroxyl groups excluding tert-OH is 2. The van der Waals surface area contributed by atoms with Gasteiger partial charge in [0.25, 0.3) is 0 Å². The minimum absolute atomic E-state index is 0.460. The molecule has 4 nitrogen and oxygen atoms in total. The van der Waals surface area contributed by atoms with E-state index in [0.717, 1.165) is 24.3 Å². The fraction of sp³-hybridized carbons (Fsp3) is 0.538. The van der Waals surface area contributed by atoms with Gasteiger partial charge in [0.1, 0.15) is 0 Å². The van der Waals surface area contributed by atoms with Gasteiger partial charge in [0, 0.05) is 30.3 Å². The van der Waals surface area contributed by atoms with Crippen molar-refractivity contribution in [3.8, 4) is 0 Å². The van der Waals surface area contributed by atoms with E-state index in [4.69, 9.17) is 11.6 Å². The van der Waals surface area contributed by atoms with Crippen LogP contribution in [0.25, 0.3) is 0 Å². The maximum absolute atomic E-state index is 9.62. The SMILES string of the molecule is CCNCc1cc(Cl)ccc1N1CC(O)C(O)C1. The lowest BCUT2D eigenvalue weighted by atomic mass is 10.1. The summed E-state index contributed by atoms with van der Waals surface area (Å²) in [4.78, 5) is 2.00. The molecule has 0 aliphatic carbocycles. The summed E-state index contributed by atoms with van der Waals surface area (Å²) in [6.45, 7) is 4.59. The van der Waals surface area contributed by atoms with Crippen molar-refractivity contribution in [2.75, 3.05) is 24.5 Å². The summed E-state index contributed by atoms with van der Waals surface area (Å²) in [5, 5.41) is 23.2. The Morgan fingerprint density at radius 3 is 2.61 bits per heavy atom. The van der Waals surface area contributed by atoms with Crippen molar-refractivity contribution in [2.24, 2.45) is 0 Å². The van der Waals surface area contributed by atoms with Crippen LogP contribution in [0.3, 0.4) is 0 Å². The summed E-state index contributed by atoms with van der Waals surface area (Å²) in [5.74, 6) is 0. The zero-order valence-electron chi connectivity index (χ0n) is 10.4. The molecule has 2 atom stereocenters. The largest absolute Gasteiger partial charge is 0.389 e. The first-order valence-corrected chi connectivity index (χ1v) is 6.60. The topological polar surface area (TPSA) is 55.7 Å². The van der Waals surface area contributed by atoms with Crippen molar-refractivity contribution in [3.63, 3.8) is 0 Å². The lowest BCUT2D eigenvalue weighted by Crippen LogP contribution is -2.24. The molecular weight excluding hydrogens is 252 g/mol. The Bertz CT molecular complexity index is 404. The minimum Gasteiger partial charge on any atom is -0.389 e. The number of β-amino-alcohol motifs (C(OH)–C–C–N with tert-alkyl or cyclic N) is 2. The van der Waals surface area contributed by atoms with Crippen molar-refractivity contribution in [3.05, 3.63) is 28.8 Å². The molecular formula is C13H19ClN2O2. The van der Waals surface area contributed by atoms with Crippen molar-refractivity contribution in [2.45, 2.75) is 25.7 Å². The first-order chi connectivity index (χ1) is 8.61. The van der Waals surface area contributed by atoms with Crippen LogP contribution in [0, 0.1) is 0 Å². The van der Waals surface area contributed by atoms with Gasteiger partial charge in [-0.25, -0.2) is 0 Å². The number of aliphatic hydroxyl groups is 2. The van der Waals surface area contributed by atoms with Crippen LogP contribution in [0.5, 0.6) is 0 Å². The summed E-state index contributed by atoms with van der Waals surface area (Å²) in [6, 6.07) is 5.71. The Hall–Kier alpha value is -0.810. The first-order valence-electron chi connectivity index (χ1n) is 6.22. The molecule has 0 saturated carbocycles. The number of nitrogens with zero attached hydrogens (tertiary/aromatic N) is 1. The average molecular weight is 271 g/mol. The second kappa shape index (κ2) is 5.89. The molecule has 1 aliphatic heterocycles. The molecule has 0 radical (unpaired) electrons. The maximum Gasteiger partial charge on any atom is 0.0990 e. The normalized spacial score (nSPS) is 23.7. The highest BCUT2D eigenvalue weighted by molar-refractivity contribution is 6.30. The highest BCUT2D eigenvalue weighted by atomic mass is 35.5. The number of hydrogen-bond donors (Lipinski definition) is 3. The van der Waals surface area contributed by atoms with Crippen molar-refractivity contribution in [1.82, 2.24) is 5.32 Å². The zero-order chi connectivity index (χ0) is 13.1. The number of hydrogen-bond acceptors (Lipinski definition) is 4. The predicted octanol–water partition coefficient (Wildman–Crippen LogP) is 0.991. The molecule has 0 aromatic heterocycles. The number of nitrogens with one attached hydrogen (secondary N) is 1. The van der Waals surface area contributed by atoms with Gasteiger partial charge in [-0.15, -0.1) is 0 Å². The Balaban J connectivity index is 2.21. The van der Waals surface area contributed by atoms with E-state index in [0.29, 0.717) is 18.1 Å². The van der Waals surface area contributed by atoms with Crippen LogP contribution in [0.2, 0.25) is 5.02 Å². The van der Waals surface area contributed by atoms with Gasteiger partial charge >= 0.3 is 0 Å². The highest BCUT2D eigenvalue weighted by Crippen LogP contribution is 2.27. The third-order valence-electron chi connectivity index (χ3n) is 3.21. The van der Waals surface area contributed by atoms with E-state index in [2.05, 4.69) is 5.32 Å². The van der Waals surface area contributed by atoms with E-state index in [1.165, 1.54) is 0 Å². The first kappa shape index (κ1) is 13.6. The number of anilines is 1. The molecule has 5 heteroatoms. The Morgan fingerprint density at radius 2 is 2.00 bits per heavy atom. The predicted molar refractivity (Wildman–Crippen MR) is 73.1 cm³/mol. The second-order valence-corrected chi connectivity index (χ2v) is 5.03. The second-order valence-electron chi connectivity index (χ2n) is 4.59. The fourth-order valence-electron chi connectivity index (χ4n) is 2.23. The summed E-state index contributed by atoms with van der Waals surface area (Å²) < 4.78 is 0. The van der Waals surface area contributed by atoms with Gasteiger partial charge in [-0.2, -0.15) is 0 Å². The number of halogens is 1. The Morgan fingerprint density at radius 1 is 1.33 bits per heavy atom. The summed E-state index contributed by atoms with van der Waals surface area (Å²) in [5.41, 5.74) is 2.11. The van der Waals surface area contributed by atoms with Gasteiger partial charge in [-0.05, 0) is 30.3 Å². The molecule has 1 aromatic rings. The van der Waals surface area contributed by atoms with Crippen molar-refractivity contribution >= 4 is 17.3 Å². The van der Waals surface area contributed by atoms with Crippen LogP contribution < -0.4 is 10.2 Å². The molecule has 1 heterocycles. The van der Waals surface area contributed by atoms with Gasteiger partial charge in [0.2, 0.25) is 0 Å². The molecule has 1 fully saturated rings. The van der Waals surface area contributed by atoms with Crippen molar-refractivity contribution < 1.29 is 10.2 Å². The molecule has 1 aliphatic rings. The molecule has 1 aromatic carbocycles. The van der Waals surface area contributed by atoms with Crippen LogP contribution in [0.4, 0.5) is 5.69 Å². The van der Waals surface area contributed by atoms with Gasteiger partial charge < -0.3 is 20.4 Å². The maximum atomic E-state index is 9.62. The Kier molecular flexibility index (Phi) is 4.45. The number of rotatable bonds is 4. The van der Waals surface area contributed by atoms with E-state index in [-0.39, 0.29) is 0 Å². The Labute approximate surface area is 112 Å².